The fraction of sp³-hybridized carbons (Fsp3) is 1.00. The van der Waals surface area contributed by atoms with Crippen molar-refractivity contribution in [3.8, 4) is 0 Å². The summed E-state index contributed by atoms with van der Waals surface area (Å²) in [4.78, 5) is 0. The summed E-state index contributed by atoms with van der Waals surface area (Å²) in [6.07, 6.45) is 12.3. The summed E-state index contributed by atoms with van der Waals surface area (Å²) in [7, 11) is -0.380. The van der Waals surface area contributed by atoms with Crippen LogP contribution in [0.25, 0.3) is 0 Å². The first-order valence-electron chi connectivity index (χ1n) is 5.10. The van der Waals surface area contributed by atoms with Gasteiger partial charge in [0.25, 0.3) is 0 Å². The van der Waals surface area contributed by atoms with Crippen molar-refractivity contribution in [3.05, 3.63) is 0 Å². The molecule has 1 saturated heterocycles. The van der Waals surface area contributed by atoms with Crippen LogP contribution in [0.3, 0.4) is 0 Å². The van der Waals surface area contributed by atoms with E-state index in [1.165, 1.54) is 32.1 Å². The lowest BCUT2D eigenvalue weighted by atomic mass is 10.3. The molecular weight excluding hydrogens is 151 g/mol. The van der Waals surface area contributed by atoms with E-state index in [0.29, 0.717) is 0 Å². The molecule has 1 fully saturated rings. The molecule has 0 amide bonds. The number of hydrogen-bond donors (Lipinski definition) is 0. The maximum Gasteiger partial charge on any atom is 0.0591 e. The zero-order valence-corrected chi connectivity index (χ0v) is 9.00. The molecule has 0 aromatic carbocycles. The Morgan fingerprint density at radius 3 is 2.27 bits per heavy atom. The molecule has 1 aliphatic heterocycles. The van der Waals surface area contributed by atoms with E-state index in [-0.39, 0.29) is 7.26 Å². The van der Waals surface area contributed by atoms with Crippen LogP contribution in [-0.4, -0.2) is 25.2 Å². The second-order valence-electron chi connectivity index (χ2n) is 4.20. The second-order valence-corrected chi connectivity index (χ2v) is 8.79. The summed E-state index contributed by atoms with van der Waals surface area (Å²) in [6.45, 7) is 4.91. The standard InChI is InChI=1S/C10H22P/c1-3-4-8-11(2)9-6-5-7-10-11/h3-10H2,1-2H3/q+1. The lowest BCUT2D eigenvalue weighted by Crippen LogP contribution is -2.11. The first kappa shape index (κ1) is 9.52. The molecule has 0 bridgehead atoms. The minimum Gasteiger partial charge on any atom is -0.0652 e. The molecule has 0 saturated carbocycles. The van der Waals surface area contributed by atoms with Crippen molar-refractivity contribution < 1.29 is 0 Å². The molecule has 0 radical (unpaired) electrons. The van der Waals surface area contributed by atoms with Gasteiger partial charge in [-0.15, -0.1) is 0 Å². The molecule has 0 spiro atoms. The van der Waals surface area contributed by atoms with Crippen LogP contribution in [-0.2, 0) is 0 Å². The summed E-state index contributed by atoms with van der Waals surface area (Å²) < 4.78 is 0. The van der Waals surface area contributed by atoms with Crippen molar-refractivity contribution in [1.29, 1.82) is 0 Å². The van der Waals surface area contributed by atoms with Crippen LogP contribution in [0.5, 0.6) is 0 Å². The Bertz CT molecular complexity index is 103. The van der Waals surface area contributed by atoms with Crippen LogP contribution in [0.2, 0.25) is 0 Å². The third kappa shape index (κ3) is 3.11. The lowest BCUT2D eigenvalue weighted by molar-refractivity contribution is 0.739. The predicted molar refractivity (Wildman–Crippen MR) is 56.2 cm³/mol. The zero-order chi connectivity index (χ0) is 8.16. The van der Waals surface area contributed by atoms with Gasteiger partial charge in [0.15, 0.2) is 0 Å². The molecule has 1 heteroatoms. The Hall–Kier alpha value is 0.430. The van der Waals surface area contributed by atoms with Gasteiger partial charge in [0, 0.05) is 13.9 Å². The molecular formula is C10H22P+. The van der Waals surface area contributed by atoms with Crippen LogP contribution in [0.1, 0.15) is 39.0 Å². The van der Waals surface area contributed by atoms with Crippen molar-refractivity contribution in [2.45, 2.75) is 39.0 Å². The Kier molecular flexibility index (Phi) is 3.85. The Balaban J connectivity index is 2.25. The van der Waals surface area contributed by atoms with Crippen LogP contribution in [0.15, 0.2) is 0 Å². The van der Waals surface area contributed by atoms with E-state index >= 15 is 0 Å². The second kappa shape index (κ2) is 4.45. The van der Waals surface area contributed by atoms with E-state index in [0.717, 1.165) is 0 Å². The van der Waals surface area contributed by atoms with Gasteiger partial charge in [0.2, 0.25) is 0 Å². The topological polar surface area (TPSA) is 0 Å². The quantitative estimate of drug-likeness (QED) is 0.572. The highest BCUT2D eigenvalue weighted by Crippen LogP contribution is 2.59. The summed E-state index contributed by atoms with van der Waals surface area (Å²) in [5.74, 6) is 0. The first-order chi connectivity index (χ1) is 5.27. The fourth-order valence-electron chi connectivity index (χ4n) is 2.04. The van der Waals surface area contributed by atoms with E-state index < -0.39 is 0 Å². The maximum atomic E-state index is 2.60. The van der Waals surface area contributed by atoms with Gasteiger partial charge in [-0.1, -0.05) is 13.3 Å². The van der Waals surface area contributed by atoms with Crippen LogP contribution >= 0.6 is 7.26 Å². The van der Waals surface area contributed by atoms with Crippen molar-refractivity contribution in [2.75, 3.05) is 25.2 Å². The largest absolute Gasteiger partial charge is 0.0652 e. The van der Waals surface area contributed by atoms with E-state index in [2.05, 4.69) is 13.6 Å². The van der Waals surface area contributed by atoms with Crippen molar-refractivity contribution in [3.63, 3.8) is 0 Å². The smallest absolute Gasteiger partial charge is 0.0591 e. The van der Waals surface area contributed by atoms with Gasteiger partial charge in [-0.3, -0.25) is 0 Å². The maximum absolute atomic E-state index is 2.60. The fourth-order valence-corrected chi connectivity index (χ4v) is 5.76. The third-order valence-electron chi connectivity index (χ3n) is 2.95. The Morgan fingerprint density at radius 2 is 1.73 bits per heavy atom. The average molecular weight is 173 g/mol. The molecule has 0 N–H and O–H groups in total. The van der Waals surface area contributed by atoms with E-state index in [9.17, 15) is 0 Å². The number of hydrogen-bond acceptors (Lipinski definition) is 0. The molecule has 0 aromatic rings. The highest BCUT2D eigenvalue weighted by molar-refractivity contribution is 7.75. The molecule has 0 nitrogen and oxygen atoms in total. The molecule has 0 atom stereocenters. The average Bonchev–Trinajstić information content (AvgIpc) is 2.03. The highest BCUT2D eigenvalue weighted by atomic mass is 31.2. The van der Waals surface area contributed by atoms with E-state index in [4.69, 9.17) is 0 Å². The van der Waals surface area contributed by atoms with Gasteiger partial charge < -0.3 is 0 Å². The normalized spacial score (nSPS) is 23.5. The Morgan fingerprint density at radius 1 is 1.09 bits per heavy atom. The third-order valence-corrected chi connectivity index (χ3v) is 7.14. The summed E-state index contributed by atoms with van der Waals surface area (Å²) in [5, 5.41) is 0. The number of rotatable bonds is 3. The molecule has 11 heavy (non-hydrogen) atoms. The highest BCUT2D eigenvalue weighted by Gasteiger charge is 2.32. The van der Waals surface area contributed by atoms with E-state index in [1.807, 2.05) is 0 Å². The predicted octanol–water partition coefficient (Wildman–Crippen LogP) is 3.62. The van der Waals surface area contributed by atoms with Gasteiger partial charge >= 0.3 is 0 Å². The van der Waals surface area contributed by atoms with Gasteiger partial charge in [0.1, 0.15) is 0 Å². The molecule has 0 unspecified atom stereocenters. The molecule has 1 aliphatic rings. The van der Waals surface area contributed by atoms with Crippen molar-refractivity contribution in [2.24, 2.45) is 0 Å². The molecule has 0 aliphatic carbocycles. The van der Waals surface area contributed by atoms with Crippen molar-refractivity contribution in [1.82, 2.24) is 0 Å². The first-order valence-corrected chi connectivity index (χ1v) is 7.89. The van der Waals surface area contributed by atoms with Crippen molar-refractivity contribution >= 4 is 7.26 Å². The van der Waals surface area contributed by atoms with Gasteiger partial charge in [0.05, 0.1) is 18.5 Å². The molecule has 1 heterocycles. The lowest BCUT2D eigenvalue weighted by Gasteiger charge is -2.26. The SMILES string of the molecule is CCCC[P+]1(C)CCCCC1. The summed E-state index contributed by atoms with van der Waals surface area (Å²) in [6, 6.07) is 0. The van der Waals surface area contributed by atoms with Crippen LogP contribution in [0, 0.1) is 0 Å². The zero-order valence-electron chi connectivity index (χ0n) is 8.10. The minimum absolute atomic E-state index is 0.380. The van der Waals surface area contributed by atoms with Crippen LogP contribution < -0.4 is 0 Å². The summed E-state index contributed by atoms with van der Waals surface area (Å²) in [5.41, 5.74) is 0. The van der Waals surface area contributed by atoms with E-state index in [1.54, 1.807) is 18.5 Å². The monoisotopic (exact) mass is 173 g/mol. The van der Waals surface area contributed by atoms with Gasteiger partial charge in [-0.25, -0.2) is 0 Å². The molecule has 0 aromatic heterocycles. The molecule has 1 rings (SSSR count). The van der Waals surface area contributed by atoms with Crippen LogP contribution in [0.4, 0.5) is 0 Å². The number of unbranched alkanes of at least 4 members (excludes halogenated alkanes) is 1. The molecule has 66 valence electrons. The van der Waals surface area contributed by atoms with Gasteiger partial charge in [-0.05, 0) is 25.7 Å². The minimum atomic E-state index is -0.380. The summed E-state index contributed by atoms with van der Waals surface area (Å²) >= 11 is 0. The van der Waals surface area contributed by atoms with Gasteiger partial charge in [-0.2, -0.15) is 0 Å². The Labute approximate surface area is 72.1 Å².